The highest BCUT2D eigenvalue weighted by Gasteiger charge is 2.22. The van der Waals surface area contributed by atoms with Gasteiger partial charge < -0.3 is 18.3 Å². The maximum atomic E-state index is 12.2. The molecule has 0 saturated heterocycles. The topological polar surface area (TPSA) is 78.9 Å². The Morgan fingerprint density at radius 1 is 0.857 bits per heavy atom. The SMILES string of the molecule is COc1c2occc2c(OC)c2c(=O)cc(C)oc12.O=C(C=Cc1ccccc1)c1ccccc1. The van der Waals surface area contributed by atoms with Gasteiger partial charge in [-0.3, -0.25) is 9.59 Å². The molecule has 5 rings (SSSR count). The van der Waals surface area contributed by atoms with Gasteiger partial charge in [0.25, 0.3) is 0 Å². The van der Waals surface area contributed by atoms with Crippen molar-refractivity contribution in [3.63, 3.8) is 0 Å². The number of methoxy groups -OCH3 is 2. The quantitative estimate of drug-likeness (QED) is 0.218. The number of carbonyl (C=O) groups is 1. The molecule has 0 radical (unpaired) electrons. The fourth-order valence-electron chi connectivity index (χ4n) is 3.72. The number of hydrogen-bond acceptors (Lipinski definition) is 6. The molecule has 0 amide bonds. The van der Waals surface area contributed by atoms with Gasteiger partial charge in [-0.1, -0.05) is 66.7 Å². The second kappa shape index (κ2) is 10.6. The molecule has 5 aromatic rings. The Labute approximate surface area is 202 Å². The molecule has 0 N–H and O–H groups in total. The highest BCUT2D eigenvalue weighted by Crippen LogP contribution is 2.41. The molecule has 0 bridgehead atoms. The summed E-state index contributed by atoms with van der Waals surface area (Å²) in [4.78, 5) is 23.9. The van der Waals surface area contributed by atoms with Crippen LogP contribution in [0.4, 0.5) is 0 Å². The van der Waals surface area contributed by atoms with Gasteiger partial charge in [0, 0.05) is 11.6 Å². The highest BCUT2D eigenvalue weighted by atomic mass is 16.5. The first-order valence-corrected chi connectivity index (χ1v) is 10.9. The number of fused-ring (bicyclic) bond motifs is 2. The van der Waals surface area contributed by atoms with Crippen molar-refractivity contribution in [2.45, 2.75) is 6.92 Å². The van der Waals surface area contributed by atoms with E-state index in [1.807, 2.05) is 66.7 Å². The molecule has 35 heavy (non-hydrogen) atoms. The molecular weight excluding hydrogens is 444 g/mol. The molecule has 0 atom stereocenters. The first-order chi connectivity index (χ1) is 17.0. The summed E-state index contributed by atoms with van der Waals surface area (Å²) in [5.41, 5.74) is 2.42. The van der Waals surface area contributed by atoms with E-state index in [-0.39, 0.29) is 11.2 Å². The summed E-state index contributed by atoms with van der Waals surface area (Å²) in [5.74, 6) is 1.37. The molecule has 0 aliphatic heterocycles. The molecule has 6 heteroatoms. The molecule has 0 unspecified atom stereocenters. The maximum absolute atomic E-state index is 12.2. The van der Waals surface area contributed by atoms with Crippen LogP contribution in [0.25, 0.3) is 28.0 Å². The van der Waals surface area contributed by atoms with Gasteiger partial charge in [0.2, 0.25) is 5.75 Å². The second-order valence-electron chi connectivity index (χ2n) is 7.63. The Morgan fingerprint density at radius 2 is 1.51 bits per heavy atom. The summed E-state index contributed by atoms with van der Waals surface area (Å²) < 4.78 is 21.7. The number of ether oxygens (including phenoxy) is 2. The largest absolute Gasteiger partial charge is 0.495 e. The predicted octanol–water partition coefficient (Wildman–Crippen LogP) is 6.45. The van der Waals surface area contributed by atoms with Crippen molar-refractivity contribution in [2.24, 2.45) is 0 Å². The summed E-state index contributed by atoms with van der Waals surface area (Å²) in [7, 11) is 3.01. The zero-order chi connectivity index (χ0) is 24.8. The standard InChI is InChI=1S/C15H12O.C14H12O5/c16-15(14-9-5-2-6-10-14)12-11-13-7-3-1-4-8-13;1-7-6-9(15)10-11(16-2)8-4-5-18-12(8)14(17-3)13(10)19-7/h1-12H;4-6H,1-3H3. The number of furan rings is 1. The van der Waals surface area contributed by atoms with Gasteiger partial charge in [-0.2, -0.15) is 0 Å². The Kier molecular flexibility index (Phi) is 7.12. The number of benzene rings is 3. The van der Waals surface area contributed by atoms with E-state index in [1.165, 1.54) is 26.5 Å². The van der Waals surface area contributed by atoms with Gasteiger partial charge in [-0.25, -0.2) is 0 Å². The molecule has 0 spiro atoms. The molecule has 0 aliphatic carbocycles. The summed E-state index contributed by atoms with van der Waals surface area (Å²) in [6.07, 6.45) is 4.95. The van der Waals surface area contributed by atoms with E-state index >= 15 is 0 Å². The van der Waals surface area contributed by atoms with E-state index in [4.69, 9.17) is 18.3 Å². The van der Waals surface area contributed by atoms with Gasteiger partial charge in [-0.05, 0) is 24.6 Å². The Morgan fingerprint density at radius 3 is 2.17 bits per heavy atom. The van der Waals surface area contributed by atoms with Crippen molar-refractivity contribution in [1.82, 2.24) is 0 Å². The van der Waals surface area contributed by atoms with Crippen molar-refractivity contribution in [2.75, 3.05) is 14.2 Å². The van der Waals surface area contributed by atoms with Gasteiger partial charge in [0.1, 0.15) is 16.9 Å². The minimum atomic E-state index is -0.169. The number of ketones is 1. The molecule has 2 heterocycles. The van der Waals surface area contributed by atoms with Crippen LogP contribution in [-0.2, 0) is 0 Å². The highest BCUT2D eigenvalue weighted by molar-refractivity contribution is 6.07. The monoisotopic (exact) mass is 468 g/mol. The summed E-state index contributed by atoms with van der Waals surface area (Å²) >= 11 is 0. The lowest BCUT2D eigenvalue weighted by Gasteiger charge is -2.10. The molecule has 2 aromatic heterocycles. The van der Waals surface area contributed by atoms with Crippen molar-refractivity contribution in [3.05, 3.63) is 112 Å². The Hall–Kier alpha value is -4.58. The van der Waals surface area contributed by atoms with Crippen LogP contribution in [0.15, 0.2) is 98.8 Å². The minimum absolute atomic E-state index is 0.0319. The van der Waals surface area contributed by atoms with Crippen LogP contribution in [0.5, 0.6) is 11.5 Å². The number of allylic oxidation sites excluding steroid dienone is 1. The van der Waals surface area contributed by atoms with Crippen molar-refractivity contribution in [1.29, 1.82) is 0 Å². The lowest BCUT2D eigenvalue weighted by Crippen LogP contribution is -2.04. The van der Waals surface area contributed by atoms with Crippen LogP contribution in [-0.4, -0.2) is 20.0 Å². The van der Waals surface area contributed by atoms with Gasteiger partial charge >= 0.3 is 0 Å². The average molecular weight is 469 g/mol. The van der Waals surface area contributed by atoms with E-state index < -0.39 is 0 Å². The minimum Gasteiger partial charge on any atom is -0.495 e. The molecule has 3 aromatic carbocycles. The number of carbonyl (C=O) groups excluding carboxylic acids is 1. The van der Waals surface area contributed by atoms with Crippen molar-refractivity contribution in [3.8, 4) is 11.5 Å². The van der Waals surface area contributed by atoms with Crippen LogP contribution in [0.1, 0.15) is 21.7 Å². The third kappa shape index (κ3) is 5.01. The van der Waals surface area contributed by atoms with Crippen LogP contribution < -0.4 is 14.9 Å². The second-order valence-corrected chi connectivity index (χ2v) is 7.63. The lowest BCUT2D eigenvalue weighted by molar-refractivity contribution is 0.104. The van der Waals surface area contributed by atoms with Crippen molar-refractivity contribution < 1.29 is 23.1 Å². The van der Waals surface area contributed by atoms with Gasteiger partial charge in [-0.15, -0.1) is 0 Å². The fourth-order valence-corrected chi connectivity index (χ4v) is 3.72. The fraction of sp³-hybridized carbons (Fsp3) is 0.103. The van der Waals surface area contributed by atoms with E-state index in [0.717, 1.165) is 11.1 Å². The number of hydrogen-bond donors (Lipinski definition) is 0. The molecular formula is C29H24O6. The number of aryl methyl sites for hydroxylation is 1. The van der Waals surface area contributed by atoms with Crippen LogP contribution >= 0.6 is 0 Å². The normalized spacial score (nSPS) is 10.8. The Bertz CT molecular complexity index is 1540. The predicted molar refractivity (Wildman–Crippen MR) is 136 cm³/mol. The first kappa shape index (κ1) is 23.6. The maximum Gasteiger partial charge on any atom is 0.206 e. The van der Waals surface area contributed by atoms with Crippen LogP contribution in [0.2, 0.25) is 0 Å². The smallest absolute Gasteiger partial charge is 0.206 e. The third-order valence-corrected chi connectivity index (χ3v) is 5.31. The number of rotatable bonds is 5. The lowest BCUT2D eigenvalue weighted by atomic mass is 10.1. The van der Waals surface area contributed by atoms with Crippen molar-refractivity contribution >= 4 is 33.8 Å². The zero-order valence-corrected chi connectivity index (χ0v) is 19.6. The third-order valence-electron chi connectivity index (χ3n) is 5.31. The van der Waals surface area contributed by atoms with Gasteiger partial charge in [0.05, 0.1) is 25.9 Å². The molecule has 176 valence electrons. The molecule has 0 aliphatic rings. The van der Waals surface area contributed by atoms with Crippen LogP contribution in [0, 0.1) is 6.92 Å². The zero-order valence-electron chi connectivity index (χ0n) is 19.6. The van der Waals surface area contributed by atoms with Crippen LogP contribution in [0.3, 0.4) is 0 Å². The summed E-state index contributed by atoms with van der Waals surface area (Å²) in [6.45, 7) is 1.71. The van der Waals surface area contributed by atoms with Gasteiger partial charge in [0.15, 0.2) is 22.4 Å². The molecule has 6 nitrogen and oxygen atoms in total. The van der Waals surface area contributed by atoms with E-state index in [2.05, 4.69) is 0 Å². The summed E-state index contributed by atoms with van der Waals surface area (Å²) in [5, 5.41) is 1.04. The average Bonchev–Trinajstić information content (AvgIpc) is 3.37. The van der Waals surface area contributed by atoms with E-state index in [1.54, 1.807) is 19.1 Å². The molecule has 0 saturated carbocycles. The first-order valence-electron chi connectivity index (χ1n) is 10.9. The summed E-state index contributed by atoms with van der Waals surface area (Å²) in [6, 6.07) is 22.2. The van der Waals surface area contributed by atoms with E-state index in [9.17, 15) is 9.59 Å². The Balaban J connectivity index is 0.000000168. The molecule has 0 fully saturated rings. The van der Waals surface area contributed by atoms with E-state index in [0.29, 0.717) is 39.2 Å².